The smallest absolute Gasteiger partial charge is 0.221 e. The minimum atomic E-state index is -3.05. The zero-order valence-corrected chi connectivity index (χ0v) is 10.0. The summed E-state index contributed by atoms with van der Waals surface area (Å²) in [6, 6.07) is 3.82. The van der Waals surface area contributed by atoms with Gasteiger partial charge in [-0.15, -0.1) is 11.3 Å². The second kappa shape index (κ2) is 5.27. The molecule has 1 amide bonds. The molecule has 0 aliphatic heterocycles. The van der Waals surface area contributed by atoms with Crippen LogP contribution in [0.25, 0.3) is 0 Å². The van der Waals surface area contributed by atoms with Gasteiger partial charge in [0.1, 0.15) is 9.84 Å². The standard InChI is InChI=1S/C9H13NO3S2/c1-15(12,13)6-4-9(11)10-7-8-3-2-5-14-8/h2-3,5H,4,6-7H2,1H3,(H,10,11). The quantitative estimate of drug-likeness (QED) is 0.837. The lowest BCUT2D eigenvalue weighted by molar-refractivity contribution is -0.120. The van der Waals surface area contributed by atoms with Crippen LogP contribution in [0.1, 0.15) is 11.3 Å². The fraction of sp³-hybridized carbons (Fsp3) is 0.444. The van der Waals surface area contributed by atoms with Gasteiger partial charge in [0.05, 0.1) is 12.3 Å². The van der Waals surface area contributed by atoms with Gasteiger partial charge in [-0.25, -0.2) is 8.42 Å². The Morgan fingerprint density at radius 2 is 2.27 bits per heavy atom. The molecule has 0 aliphatic rings. The Bertz CT molecular complexity index is 409. The number of hydrogen-bond acceptors (Lipinski definition) is 4. The summed E-state index contributed by atoms with van der Waals surface area (Å²) >= 11 is 1.56. The number of hydrogen-bond donors (Lipinski definition) is 1. The van der Waals surface area contributed by atoms with Gasteiger partial charge in [-0.05, 0) is 11.4 Å². The van der Waals surface area contributed by atoms with E-state index in [1.807, 2.05) is 17.5 Å². The summed E-state index contributed by atoms with van der Waals surface area (Å²) < 4.78 is 21.6. The fourth-order valence-electron chi connectivity index (χ4n) is 0.965. The molecule has 4 nitrogen and oxygen atoms in total. The molecule has 0 radical (unpaired) electrons. The van der Waals surface area contributed by atoms with Crippen molar-refractivity contribution in [1.29, 1.82) is 0 Å². The van der Waals surface area contributed by atoms with E-state index in [0.717, 1.165) is 11.1 Å². The zero-order chi connectivity index (χ0) is 11.3. The first-order valence-electron chi connectivity index (χ1n) is 4.44. The van der Waals surface area contributed by atoms with Gasteiger partial charge in [-0.1, -0.05) is 6.07 Å². The summed E-state index contributed by atoms with van der Waals surface area (Å²) in [7, 11) is -3.05. The first kappa shape index (κ1) is 12.2. The highest BCUT2D eigenvalue weighted by molar-refractivity contribution is 7.90. The number of sulfone groups is 1. The molecule has 0 spiro atoms. The van der Waals surface area contributed by atoms with Gasteiger partial charge in [0.2, 0.25) is 5.91 Å². The summed E-state index contributed by atoms with van der Waals surface area (Å²) in [6.07, 6.45) is 1.16. The maximum Gasteiger partial charge on any atom is 0.221 e. The number of nitrogens with one attached hydrogen (secondary N) is 1. The Morgan fingerprint density at radius 1 is 1.53 bits per heavy atom. The van der Waals surface area contributed by atoms with E-state index in [0.29, 0.717) is 6.54 Å². The molecular weight excluding hydrogens is 234 g/mol. The summed E-state index contributed by atoms with van der Waals surface area (Å²) in [5.74, 6) is -0.322. The Hall–Kier alpha value is -0.880. The predicted molar refractivity (Wildman–Crippen MR) is 60.5 cm³/mol. The van der Waals surface area contributed by atoms with Crippen LogP contribution in [0.15, 0.2) is 17.5 Å². The molecule has 1 aromatic rings. The fourth-order valence-corrected chi connectivity index (χ4v) is 2.17. The van der Waals surface area contributed by atoms with E-state index in [4.69, 9.17) is 0 Å². The topological polar surface area (TPSA) is 63.2 Å². The van der Waals surface area contributed by atoms with E-state index >= 15 is 0 Å². The van der Waals surface area contributed by atoms with Crippen LogP contribution in [-0.4, -0.2) is 26.3 Å². The first-order valence-corrected chi connectivity index (χ1v) is 7.38. The first-order chi connectivity index (χ1) is 6.97. The molecule has 6 heteroatoms. The highest BCUT2D eigenvalue weighted by Crippen LogP contribution is 2.07. The van der Waals surface area contributed by atoms with Gasteiger partial charge >= 0.3 is 0 Å². The maximum atomic E-state index is 11.2. The minimum absolute atomic E-state index is 0.0320. The summed E-state index contributed by atoms with van der Waals surface area (Å²) in [5, 5.41) is 4.59. The molecule has 1 N–H and O–H groups in total. The second-order valence-corrected chi connectivity index (χ2v) is 6.53. The van der Waals surface area contributed by atoms with E-state index in [1.165, 1.54) is 0 Å². The van der Waals surface area contributed by atoms with Crippen LogP contribution < -0.4 is 5.32 Å². The summed E-state index contributed by atoms with van der Waals surface area (Å²) in [4.78, 5) is 12.3. The molecule has 0 atom stereocenters. The molecule has 0 saturated heterocycles. The van der Waals surface area contributed by atoms with Crippen LogP contribution in [0.5, 0.6) is 0 Å². The van der Waals surface area contributed by atoms with E-state index in [2.05, 4.69) is 5.32 Å². The molecule has 0 aromatic carbocycles. The zero-order valence-electron chi connectivity index (χ0n) is 8.39. The van der Waals surface area contributed by atoms with Gasteiger partial charge < -0.3 is 5.32 Å². The van der Waals surface area contributed by atoms with Crippen molar-refractivity contribution in [2.45, 2.75) is 13.0 Å². The Labute approximate surface area is 93.2 Å². The van der Waals surface area contributed by atoms with E-state index < -0.39 is 9.84 Å². The van der Waals surface area contributed by atoms with Crippen molar-refractivity contribution in [3.05, 3.63) is 22.4 Å². The van der Waals surface area contributed by atoms with Gasteiger partial charge in [0.15, 0.2) is 0 Å². The van der Waals surface area contributed by atoms with Crippen LogP contribution in [-0.2, 0) is 21.2 Å². The largest absolute Gasteiger partial charge is 0.351 e. The van der Waals surface area contributed by atoms with Crippen LogP contribution in [0.2, 0.25) is 0 Å². The Kier molecular flexibility index (Phi) is 4.28. The summed E-state index contributed by atoms with van der Waals surface area (Å²) in [6.45, 7) is 0.472. The lowest BCUT2D eigenvalue weighted by Crippen LogP contribution is -2.24. The van der Waals surface area contributed by atoms with Crippen molar-refractivity contribution in [1.82, 2.24) is 5.32 Å². The molecule has 1 rings (SSSR count). The monoisotopic (exact) mass is 247 g/mol. The van der Waals surface area contributed by atoms with E-state index in [9.17, 15) is 13.2 Å². The molecule has 0 aliphatic carbocycles. The number of carbonyl (C=O) groups excluding carboxylic acids is 1. The molecule has 0 fully saturated rings. The highest BCUT2D eigenvalue weighted by Gasteiger charge is 2.07. The average molecular weight is 247 g/mol. The molecule has 0 bridgehead atoms. The lowest BCUT2D eigenvalue weighted by Gasteiger charge is -2.02. The highest BCUT2D eigenvalue weighted by atomic mass is 32.2. The minimum Gasteiger partial charge on any atom is -0.351 e. The average Bonchev–Trinajstić information content (AvgIpc) is 2.62. The van der Waals surface area contributed by atoms with Gasteiger partial charge in [0.25, 0.3) is 0 Å². The molecule has 0 unspecified atom stereocenters. The summed E-state index contributed by atoms with van der Waals surface area (Å²) in [5.41, 5.74) is 0. The molecular formula is C9H13NO3S2. The molecule has 1 heterocycles. The number of rotatable bonds is 5. The molecule has 0 saturated carbocycles. The van der Waals surface area contributed by atoms with Crippen LogP contribution in [0.4, 0.5) is 0 Å². The van der Waals surface area contributed by atoms with Crippen molar-refractivity contribution in [2.75, 3.05) is 12.0 Å². The van der Waals surface area contributed by atoms with Crippen molar-refractivity contribution >= 4 is 27.1 Å². The van der Waals surface area contributed by atoms with Gasteiger partial charge in [0, 0.05) is 17.6 Å². The van der Waals surface area contributed by atoms with Crippen LogP contribution in [0, 0.1) is 0 Å². The van der Waals surface area contributed by atoms with E-state index in [-0.39, 0.29) is 18.1 Å². The molecule has 15 heavy (non-hydrogen) atoms. The maximum absolute atomic E-state index is 11.2. The van der Waals surface area contributed by atoms with E-state index in [1.54, 1.807) is 11.3 Å². The van der Waals surface area contributed by atoms with Crippen molar-refractivity contribution in [3.63, 3.8) is 0 Å². The second-order valence-electron chi connectivity index (χ2n) is 3.24. The van der Waals surface area contributed by atoms with Crippen molar-refractivity contribution in [3.8, 4) is 0 Å². The Morgan fingerprint density at radius 3 is 2.80 bits per heavy atom. The van der Waals surface area contributed by atoms with Crippen molar-refractivity contribution < 1.29 is 13.2 Å². The van der Waals surface area contributed by atoms with Crippen molar-refractivity contribution in [2.24, 2.45) is 0 Å². The predicted octanol–water partition coefficient (Wildman–Crippen LogP) is 0.799. The third-order valence-corrected chi connectivity index (χ3v) is 3.56. The van der Waals surface area contributed by atoms with Crippen LogP contribution >= 0.6 is 11.3 Å². The normalized spacial score (nSPS) is 11.3. The number of amides is 1. The van der Waals surface area contributed by atoms with Gasteiger partial charge in [-0.3, -0.25) is 4.79 Å². The Balaban J connectivity index is 2.25. The third-order valence-electron chi connectivity index (χ3n) is 1.74. The number of thiophene rings is 1. The lowest BCUT2D eigenvalue weighted by atomic mass is 10.4. The van der Waals surface area contributed by atoms with Gasteiger partial charge in [-0.2, -0.15) is 0 Å². The SMILES string of the molecule is CS(=O)(=O)CCC(=O)NCc1cccs1. The van der Waals surface area contributed by atoms with Crippen LogP contribution in [0.3, 0.4) is 0 Å². The molecule has 1 aromatic heterocycles. The number of carbonyl (C=O) groups is 1. The third kappa shape index (κ3) is 5.54. The molecule has 84 valence electrons.